The van der Waals surface area contributed by atoms with Crippen molar-refractivity contribution in [3.8, 4) is 12.1 Å². The molecule has 3 atom stereocenters. The first-order valence-corrected chi connectivity index (χ1v) is 16.3. The summed E-state index contributed by atoms with van der Waals surface area (Å²) < 4.78 is 25.9. The number of hydrogen-bond donors (Lipinski definition) is 0. The lowest BCUT2D eigenvalue weighted by Crippen LogP contribution is -2.56. The first-order chi connectivity index (χ1) is 22.0. The summed E-state index contributed by atoms with van der Waals surface area (Å²) in [5.74, 6) is 0.755. The van der Waals surface area contributed by atoms with Crippen LogP contribution in [-0.2, 0) is 17.7 Å². The number of nitriles is 1. The molecule has 2 aromatic carbocycles. The van der Waals surface area contributed by atoms with Crippen molar-refractivity contribution < 1.29 is 18.7 Å². The monoisotopic (exact) mass is 649 g/mol. The van der Waals surface area contributed by atoms with E-state index in [1.165, 1.54) is 0 Å². The zero-order valence-electron chi connectivity index (χ0n) is 26.9. The third-order valence-electron chi connectivity index (χ3n) is 8.97. The van der Waals surface area contributed by atoms with E-state index >= 15 is 0 Å². The van der Waals surface area contributed by atoms with E-state index in [-0.39, 0.29) is 31.1 Å². The standard InChI is InChI=1S/C34H41ClFN7O3/c1-34(2,3)46-33(44)43-16-15-42(19-24(43)11-13-37)31-26-12-14-41(29-10-6-8-22-7-5-9-27(35)30(22)29)20-28(26)38-32(39-31)45-21-25-17-23(36)18-40(25)4/h5-10,23-25H,11-12,14-21H2,1-4H3/t23-,24+,25+/m1/s1. The molecule has 3 aliphatic heterocycles. The average molecular weight is 650 g/mol. The minimum Gasteiger partial charge on any atom is -0.462 e. The van der Waals surface area contributed by atoms with E-state index in [0.29, 0.717) is 50.6 Å². The molecule has 3 aromatic rings. The summed E-state index contributed by atoms with van der Waals surface area (Å²) in [4.78, 5) is 30.9. The molecule has 244 valence electrons. The van der Waals surface area contributed by atoms with Crippen molar-refractivity contribution in [1.82, 2.24) is 19.8 Å². The lowest BCUT2D eigenvalue weighted by Gasteiger charge is -2.42. The van der Waals surface area contributed by atoms with Crippen LogP contribution in [0.25, 0.3) is 10.8 Å². The van der Waals surface area contributed by atoms with Crippen molar-refractivity contribution in [1.29, 1.82) is 5.26 Å². The maximum Gasteiger partial charge on any atom is 0.410 e. The molecule has 2 saturated heterocycles. The molecule has 12 heteroatoms. The molecule has 4 heterocycles. The van der Waals surface area contributed by atoms with Crippen LogP contribution in [0.1, 0.15) is 44.9 Å². The van der Waals surface area contributed by atoms with Crippen molar-refractivity contribution in [3.63, 3.8) is 0 Å². The Morgan fingerprint density at radius 1 is 1.09 bits per heavy atom. The number of rotatable bonds is 6. The first-order valence-electron chi connectivity index (χ1n) is 15.9. The molecule has 0 saturated carbocycles. The van der Waals surface area contributed by atoms with Crippen molar-refractivity contribution in [2.24, 2.45) is 0 Å². The van der Waals surface area contributed by atoms with Gasteiger partial charge in [0.05, 0.1) is 35.8 Å². The van der Waals surface area contributed by atoms with Gasteiger partial charge in [-0.05, 0) is 58.2 Å². The largest absolute Gasteiger partial charge is 0.462 e. The SMILES string of the molecule is CN1C[C@H](F)C[C@H]1COc1nc2c(c(N3CCN(C(=O)OC(C)(C)C)[C@@H](CC#N)C3)n1)CCN(c1cccc3cccc(Cl)c13)C2. The number of piperazine rings is 1. The van der Waals surface area contributed by atoms with Crippen LogP contribution in [0.4, 0.5) is 20.7 Å². The van der Waals surface area contributed by atoms with E-state index < -0.39 is 17.9 Å². The zero-order valence-corrected chi connectivity index (χ0v) is 27.6. The molecule has 10 nitrogen and oxygen atoms in total. The van der Waals surface area contributed by atoms with E-state index in [4.69, 9.17) is 31.0 Å². The molecule has 2 fully saturated rings. The number of alkyl halides is 1. The fraction of sp³-hybridized carbons (Fsp3) is 0.529. The lowest BCUT2D eigenvalue weighted by atomic mass is 10.0. The number of nitrogens with zero attached hydrogens (tertiary/aromatic N) is 7. The molecule has 0 bridgehead atoms. The zero-order chi connectivity index (χ0) is 32.6. The molecule has 6 rings (SSSR count). The van der Waals surface area contributed by atoms with E-state index in [9.17, 15) is 14.4 Å². The lowest BCUT2D eigenvalue weighted by molar-refractivity contribution is 0.0144. The summed E-state index contributed by atoms with van der Waals surface area (Å²) in [7, 11) is 1.90. The highest BCUT2D eigenvalue weighted by atomic mass is 35.5. The number of fused-ring (bicyclic) bond motifs is 2. The Morgan fingerprint density at radius 3 is 2.59 bits per heavy atom. The molecule has 3 aliphatic rings. The number of likely N-dealkylation sites (N-methyl/N-ethyl adjacent to an activating group) is 1. The number of carbonyl (C=O) groups excluding carboxylic acids is 1. The van der Waals surface area contributed by atoms with Crippen LogP contribution < -0.4 is 14.5 Å². The van der Waals surface area contributed by atoms with E-state index in [1.54, 1.807) is 4.90 Å². The van der Waals surface area contributed by atoms with Crippen LogP contribution in [0.2, 0.25) is 5.02 Å². The Hall–Kier alpha value is -3.88. The number of halogens is 2. The molecule has 1 amide bonds. The summed E-state index contributed by atoms with van der Waals surface area (Å²) in [6.45, 7) is 8.76. The highest BCUT2D eigenvalue weighted by Gasteiger charge is 2.36. The van der Waals surface area contributed by atoms with Crippen LogP contribution in [0.15, 0.2) is 36.4 Å². The molecular formula is C34H41ClFN7O3. The molecule has 1 aromatic heterocycles. The smallest absolute Gasteiger partial charge is 0.410 e. The average Bonchev–Trinajstić information content (AvgIpc) is 3.34. The van der Waals surface area contributed by atoms with Crippen LogP contribution in [0.5, 0.6) is 6.01 Å². The predicted molar refractivity (Wildman–Crippen MR) is 176 cm³/mol. The molecule has 0 spiro atoms. The second-order valence-corrected chi connectivity index (χ2v) is 13.8. The molecule has 0 radical (unpaired) electrons. The van der Waals surface area contributed by atoms with Crippen molar-refractivity contribution in [2.75, 3.05) is 56.2 Å². The highest BCUT2D eigenvalue weighted by Crippen LogP contribution is 2.37. The van der Waals surface area contributed by atoms with Gasteiger partial charge in [-0.3, -0.25) is 4.90 Å². The minimum absolute atomic E-state index is 0.0650. The van der Waals surface area contributed by atoms with Crippen molar-refractivity contribution in [2.45, 2.75) is 70.4 Å². The van der Waals surface area contributed by atoms with Crippen LogP contribution in [0, 0.1) is 11.3 Å². The van der Waals surface area contributed by atoms with Gasteiger partial charge in [0.2, 0.25) is 0 Å². The van der Waals surface area contributed by atoms with Gasteiger partial charge in [-0.2, -0.15) is 15.2 Å². The van der Waals surface area contributed by atoms with Gasteiger partial charge in [0.15, 0.2) is 0 Å². The van der Waals surface area contributed by atoms with Gasteiger partial charge < -0.3 is 24.2 Å². The van der Waals surface area contributed by atoms with Crippen LogP contribution in [0.3, 0.4) is 0 Å². The maximum atomic E-state index is 14.1. The topological polar surface area (TPSA) is 98.1 Å². The first kappa shape index (κ1) is 32.1. The summed E-state index contributed by atoms with van der Waals surface area (Å²) in [5.41, 5.74) is 2.28. The number of carbonyl (C=O) groups is 1. The van der Waals surface area contributed by atoms with Gasteiger partial charge >= 0.3 is 12.1 Å². The van der Waals surface area contributed by atoms with Crippen LogP contribution >= 0.6 is 11.6 Å². The Morgan fingerprint density at radius 2 is 1.87 bits per heavy atom. The van der Waals surface area contributed by atoms with Gasteiger partial charge in [-0.25, -0.2) is 9.18 Å². The Labute approximate surface area is 274 Å². The second-order valence-electron chi connectivity index (χ2n) is 13.4. The van der Waals surface area contributed by atoms with Crippen molar-refractivity contribution >= 4 is 40.0 Å². The van der Waals surface area contributed by atoms with Gasteiger partial charge in [0.1, 0.15) is 24.2 Å². The maximum absolute atomic E-state index is 14.1. The van der Waals surface area contributed by atoms with E-state index in [1.807, 2.05) is 50.9 Å². The number of aromatic nitrogens is 2. The Bertz CT molecular complexity index is 1640. The normalized spacial score (nSPS) is 22.1. The molecule has 0 unspecified atom stereocenters. The number of benzene rings is 2. The predicted octanol–water partition coefficient (Wildman–Crippen LogP) is 5.61. The molecular weight excluding hydrogens is 609 g/mol. The number of ether oxygens (including phenoxy) is 2. The highest BCUT2D eigenvalue weighted by molar-refractivity contribution is 6.36. The Kier molecular flexibility index (Phi) is 9.12. The minimum atomic E-state index is -0.877. The summed E-state index contributed by atoms with van der Waals surface area (Å²) in [5, 5.41) is 12.4. The van der Waals surface area contributed by atoms with Gasteiger partial charge in [-0.15, -0.1) is 0 Å². The van der Waals surface area contributed by atoms with E-state index in [2.05, 4.69) is 34.1 Å². The Balaban J connectivity index is 1.32. The molecule has 46 heavy (non-hydrogen) atoms. The molecule has 0 aliphatic carbocycles. The fourth-order valence-electron chi connectivity index (χ4n) is 6.73. The van der Waals surface area contributed by atoms with Crippen LogP contribution in [-0.4, -0.2) is 96.1 Å². The summed E-state index contributed by atoms with van der Waals surface area (Å²) in [6, 6.07) is 14.2. The molecule has 0 N–H and O–H groups in total. The third kappa shape index (κ3) is 6.79. The van der Waals surface area contributed by atoms with Gasteiger partial charge in [-0.1, -0.05) is 35.9 Å². The van der Waals surface area contributed by atoms with Gasteiger partial charge in [0, 0.05) is 55.4 Å². The fourth-order valence-corrected chi connectivity index (χ4v) is 7.00. The van der Waals surface area contributed by atoms with Crippen molar-refractivity contribution in [3.05, 3.63) is 52.7 Å². The summed E-state index contributed by atoms with van der Waals surface area (Å²) in [6.07, 6.45) is -0.0294. The second kappa shape index (κ2) is 13.1. The number of hydrogen-bond acceptors (Lipinski definition) is 9. The number of amides is 1. The summed E-state index contributed by atoms with van der Waals surface area (Å²) >= 11 is 6.70. The number of likely N-dealkylation sites (tertiary alicyclic amines) is 1. The van der Waals surface area contributed by atoms with E-state index in [0.717, 1.165) is 40.1 Å². The number of anilines is 2. The third-order valence-corrected chi connectivity index (χ3v) is 9.29. The quantitative estimate of drug-likeness (QED) is 0.338. The van der Waals surface area contributed by atoms with Gasteiger partial charge in [0.25, 0.3) is 0 Å².